The predicted octanol–water partition coefficient (Wildman–Crippen LogP) is 4.70. The molecule has 2 N–H and O–H groups in total. The van der Waals surface area contributed by atoms with Gasteiger partial charge in [-0.2, -0.15) is 0 Å². The minimum absolute atomic E-state index is 0.165. The lowest BCUT2D eigenvalue weighted by molar-refractivity contribution is 0.0953. The van der Waals surface area contributed by atoms with Crippen LogP contribution >= 0.6 is 11.3 Å². The number of carbonyl (C=O) groups excluding carboxylic acids is 2. The summed E-state index contributed by atoms with van der Waals surface area (Å²) in [5.74, 6) is -0.398. The van der Waals surface area contributed by atoms with Crippen LogP contribution in [-0.2, 0) is 6.54 Å². The van der Waals surface area contributed by atoms with Crippen molar-refractivity contribution in [3.05, 3.63) is 101 Å². The van der Waals surface area contributed by atoms with Crippen LogP contribution in [0, 0.1) is 6.92 Å². The monoisotopic (exact) mass is 428 g/mol. The van der Waals surface area contributed by atoms with E-state index in [2.05, 4.69) is 20.6 Å². The first-order valence-corrected chi connectivity index (χ1v) is 10.5. The van der Waals surface area contributed by atoms with Gasteiger partial charge in [0.1, 0.15) is 9.88 Å². The molecule has 0 saturated carbocycles. The Bertz CT molecular complexity index is 1210. The Kier molecular flexibility index (Phi) is 6.14. The van der Waals surface area contributed by atoms with E-state index >= 15 is 0 Å². The van der Waals surface area contributed by atoms with Gasteiger partial charge in [-0.15, -0.1) is 11.3 Å². The Balaban J connectivity index is 1.40. The molecule has 0 aliphatic carbocycles. The molecule has 6 nitrogen and oxygen atoms in total. The number of aryl methyl sites for hydroxylation is 1. The van der Waals surface area contributed by atoms with Crippen LogP contribution in [0.5, 0.6) is 0 Å². The van der Waals surface area contributed by atoms with Crippen molar-refractivity contribution in [2.45, 2.75) is 13.5 Å². The molecule has 0 unspecified atom stereocenters. The minimum atomic E-state index is -0.233. The lowest BCUT2D eigenvalue weighted by Crippen LogP contribution is -2.22. The van der Waals surface area contributed by atoms with Gasteiger partial charge in [-0.25, -0.2) is 4.98 Å². The van der Waals surface area contributed by atoms with Crippen LogP contribution in [0.25, 0.3) is 10.6 Å². The van der Waals surface area contributed by atoms with E-state index in [1.54, 1.807) is 24.4 Å². The Labute approximate surface area is 184 Å². The summed E-state index contributed by atoms with van der Waals surface area (Å²) >= 11 is 1.38. The van der Waals surface area contributed by atoms with Crippen LogP contribution in [0.3, 0.4) is 0 Å². The van der Waals surface area contributed by atoms with Gasteiger partial charge in [0, 0.05) is 30.2 Å². The van der Waals surface area contributed by atoms with Gasteiger partial charge < -0.3 is 10.6 Å². The zero-order valence-corrected chi connectivity index (χ0v) is 17.6. The fraction of sp³-hybridized carbons (Fsp3) is 0.0833. The number of hydrogen-bond donors (Lipinski definition) is 2. The highest BCUT2D eigenvalue weighted by molar-refractivity contribution is 7.17. The maximum Gasteiger partial charge on any atom is 0.263 e. The van der Waals surface area contributed by atoms with Gasteiger partial charge in [0.05, 0.1) is 11.3 Å². The van der Waals surface area contributed by atoms with Gasteiger partial charge in [-0.1, -0.05) is 42.5 Å². The summed E-state index contributed by atoms with van der Waals surface area (Å²) in [4.78, 5) is 34.1. The maximum absolute atomic E-state index is 12.7. The number of benzene rings is 2. The van der Waals surface area contributed by atoms with E-state index in [0.29, 0.717) is 28.4 Å². The topological polar surface area (TPSA) is 84.0 Å². The third-order valence-electron chi connectivity index (χ3n) is 4.59. The normalized spacial score (nSPS) is 10.5. The van der Waals surface area contributed by atoms with Crippen molar-refractivity contribution in [3.63, 3.8) is 0 Å². The summed E-state index contributed by atoms with van der Waals surface area (Å²) in [6.45, 7) is 2.18. The van der Waals surface area contributed by atoms with Crippen LogP contribution in [0.4, 0.5) is 5.69 Å². The number of anilines is 1. The summed E-state index contributed by atoms with van der Waals surface area (Å²) in [5, 5.41) is 6.61. The fourth-order valence-electron chi connectivity index (χ4n) is 3.03. The lowest BCUT2D eigenvalue weighted by atomic mass is 10.2. The summed E-state index contributed by atoms with van der Waals surface area (Å²) in [6.07, 6.45) is 3.13. The molecule has 0 atom stereocenters. The Morgan fingerprint density at radius 3 is 2.58 bits per heavy atom. The molecular formula is C24H20N4O2S. The number of rotatable bonds is 6. The fourth-order valence-corrected chi connectivity index (χ4v) is 4.02. The number of thiazole rings is 1. The van der Waals surface area contributed by atoms with E-state index in [0.717, 1.165) is 16.1 Å². The number of pyridine rings is 1. The number of carbonyl (C=O) groups is 2. The van der Waals surface area contributed by atoms with Crippen molar-refractivity contribution in [1.29, 1.82) is 0 Å². The van der Waals surface area contributed by atoms with Crippen LogP contribution in [0.15, 0.2) is 79.1 Å². The molecule has 0 aliphatic heterocycles. The van der Waals surface area contributed by atoms with Gasteiger partial charge in [0.2, 0.25) is 0 Å². The molecule has 2 heterocycles. The molecule has 4 aromatic rings. The molecule has 0 radical (unpaired) electrons. The molecule has 2 aromatic carbocycles. The van der Waals surface area contributed by atoms with Gasteiger partial charge in [-0.05, 0) is 36.8 Å². The molecule has 0 aliphatic rings. The Morgan fingerprint density at radius 2 is 1.81 bits per heavy atom. The first-order valence-electron chi connectivity index (χ1n) is 9.71. The zero-order chi connectivity index (χ0) is 21.6. The third kappa shape index (κ3) is 5.02. The van der Waals surface area contributed by atoms with E-state index in [4.69, 9.17) is 0 Å². The van der Waals surface area contributed by atoms with E-state index < -0.39 is 0 Å². The number of nitrogens with zero attached hydrogens (tertiary/aromatic N) is 2. The van der Waals surface area contributed by atoms with E-state index in [9.17, 15) is 9.59 Å². The number of amides is 2. The molecule has 4 rings (SSSR count). The molecule has 0 bridgehead atoms. The second kappa shape index (κ2) is 9.32. The van der Waals surface area contributed by atoms with Crippen LogP contribution in [-0.4, -0.2) is 21.8 Å². The zero-order valence-electron chi connectivity index (χ0n) is 16.8. The maximum atomic E-state index is 12.7. The van der Waals surface area contributed by atoms with Gasteiger partial charge in [0.25, 0.3) is 11.8 Å². The molecule has 2 aromatic heterocycles. The molecular weight excluding hydrogens is 408 g/mol. The van der Waals surface area contributed by atoms with Crippen LogP contribution in [0.1, 0.15) is 31.3 Å². The smallest absolute Gasteiger partial charge is 0.263 e. The van der Waals surface area contributed by atoms with Gasteiger partial charge >= 0.3 is 0 Å². The minimum Gasteiger partial charge on any atom is -0.347 e. The number of nitrogens with one attached hydrogen (secondary N) is 2. The molecule has 0 spiro atoms. The third-order valence-corrected chi connectivity index (χ3v) is 5.79. The highest BCUT2D eigenvalue weighted by Gasteiger charge is 2.16. The SMILES string of the molecule is Cc1nc(-c2ccccc2)sc1C(=O)NCc1cccc(NC(=O)c2cccnc2)c1. The second-order valence-corrected chi connectivity index (χ2v) is 7.88. The summed E-state index contributed by atoms with van der Waals surface area (Å²) in [6, 6.07) is 20.6. The van der Waals surface area contributed by atoms with Crippen LogP contribution < -0.4 is 10.6 Å². The summed E-state index contributed by atoms with van der Waals surface area (Å²) in [5.41, 5.74) is 3.71. The second-order valence-electron chi connectivity index (χ2n) is 6.88. The van der Waals surface area contributed by atoms with E-state index in [1.165, 1.54) is 17.5 Å². The van der Waals surface area contributed by atoms with Gasteiger partial charge in [-0.3, -0.25) is 14.6 Å². The standard InChI is InChI=1S/C24H20N4O2S/c1-16-21(31-24(27-16)18-8-3-2-4-9-18)23(30)26-14-17-7-5-11-20(13-17)28-22(29)19-10-6-12-25-15-19/h2-13,15H,14H2,1H3,(H,26,30)(H,28,29). The van der Waals surface area contributed by atoms with Crippen molar-refractivity contribution < 1.29 is 9.59 Å². The number of hydrogen-bond acceptors (Lipinski definition) is 5. The predicted molar refractivity (Wildman–Crippen MR) is 122 cm³/mol. The van der Waals surface area contributed by atoms with Crippen molar-refractivity contribution in [2.24, 2.45) is 0 Å². The Morgan fingerprint density at radius 1 is 0.968 bits per heavy atom. The average molecular weight is 429 g/mol. The van der Waals surface area contributed by atoms with Crippen molar-refractivity contribution in [3.8, 4) is 10.6 Å². The Hall–Kier alpha value is -3.84. The highest BCUT2D eigenvalue weighted by Crippen LogP contribution is 2.27. The average Bonchev–Trinajstić information content (AvgIpc) is 3.20. The quantitative estimate of drug-likeness (QED) is 0.466. The molecule has 154 valence electrons. The van der Waals surface area contributed by atoms with Crippen molar-refractivity contribution >= 4 is 28.8 Å². The molecule has 0 fully saturated rings. The van der Waals surface area contributed by atoms with E-state index in [1.807, 2.05) is 55.5 Å². The first kappa shape index (κ1) is 20.4. The van der Waals surface area contributed by atoms with Crippen molar-refractivity contribution in [2.75, 3.05) is 5.32 Å². The summed E-state index contributed by atoms with van der Waals surface area (Å²) in [7, 11) is 0. The molecule has 0 saturated heterocycles. The summed E-state index contributed by atoms with van der Waals surface area (Å²) < 4.78 is 0. The number of aromatic nitrogens is 2. The van der Waals surface area contributed by atoms with E-state index in [-0.39, 0.29) is 11.8 Å². The van der Waals surface area contributed by atoms with Gasteiger partial charge in [0.15, 0.2) is 0 Å². The van der Waals surface area contributed by atoms with Crippen molar-refractivity contribution in [1.82, 2.24) is 15.3 Å². The first-order chi connectivity index (χ1) is 15.1. The molecule has 31 heavy (non-hydrogen) atoms. The van der Waals surface area contributed by atoms with Crippen LogP contribution in [0.2, 0.25) is 0 Å². The molecule has 7 heteroatoms. The lowest BCUT2D eigenvalue weighted by Gasteiger charge is -2.08. The largest absolute Gasteiger partial charge is 0.347 e. The molecule has 2 amide bonds. The highest BCUT2D eigenvalue weighted by atomic mass is 32.1.